The first kappa shape index (κ1) is 8.28. The number of ether oxygens (including phenoxy) is 1. The second kappa shape index (κ2) is 3.54. The van der Waals surface area contributed by atoms with Crippen LogP contribution in [0.15, 0.2) is 12.2 Å². The Morgan fingerprint density at radius 3 is 2.82 bits per heavy atom. The summed E-state index contributed by atoms with van der Waals surface area (Å²) < 4.78 is 5.07. The van der Waals surface area contributed by atoms with Crippen LogP contribution >= 0.6 is 0 Å². The van der Waals surface area contributed by atoms with Gasteiger partial charge in [-0.3, -0.25) is 0 Å². The molecular weight excluding hydrogens is 144 g/mol. The van der Waals surface area contributed by atoms with E-state index in [1.807, 2.05) is 0 Å². The summed E-state index contributed by atoms with van der Waals surface area (Å²) in [6.45, 7) is -0.110. The molecule has 0 aliphatic carbocycles. The lowest BCUT2D eigenvalue weighted by Crippen LogP contribution is -2.35. The van der Waals surface area contributed by atoms with Crippen LogP contribution in [0, 0.1) is 12.3 Å². The molecule has 1 aliphatic rings. The van der Waals surface area contributed by atoms with Crippen LogP contribution in [0.2, 0.25) is 0 Å². The highest BCUT2D eigenvalue weighted by molar-refractivity contribution is 5.11. The maximum atomic E-state index is 9.15. The van der Waals surface area contributed by atoms with Crippen LogP contribution in [0.25, 0.3) is 0 Å². The molecule has 0 amide bonds. The zero-order chi connectivity index (χ0) is 8.27. The summed E-state index contributed by atoms with van der Waals surface area (Å²) >= 11 is 0. The molecule has 0 saturated heterocycles. The minimum atomic E-state index is -0.747. The van der Waals surface area contributed by atoms with Crippen molar-refractivity contribution in [2.24, 2.45) is 0 Å². The number of aliphatic hydroxyl groups excluding tert-OH is 2. The van der Waals surface area contributed by atoms with E-state index in [2.05, 4.69) is 5.92 Å². The molecule has 1 heterocycles. The van der Waals surface area contributed by atoms with Gasteiger partial charge in [0.15, 0.2) is 0 Å². The van der Waals surface area contributed by atoms with E-state index < -0.39 is 12.2 Å². The molecule has 2 N–H and O–H groups in total. The van der Waals surface area contributed by atoms with E-state index >= 15 is 0 Å². The largest absolute Gasteiger partial charge is 0.393 e. The van der Waals surface area contributed by atoms with Gasteiger partial charge in [-0.2, -0.15) is 0 Å². The second-order valence-corrected chi connectivity index (χ2v) is 2.32. The predicted molar refractivity (Wildman–Crippen MR) is 39.7 cm³/mol. The number of hydrogen-bond donors (Lipinski definition) is 2. The van der Waals surface area contributed by atoms with E-state index in [1.54, 1.807) is 6.08 Å². The molecule has 0 aromatic rings. The normalized spacial score (nSPS) is 36.6. The molecule has 0 bridgehead atoms. The third kappa shape index (κ3) is 1.81. The van der Waals surface area contributed by atoms with E-state index in [4.69, 9.17) is 21.4 Å². The van der Waals surface area contributed by atoms with Gasteiger partial charge in [0, 0.05) is 0 Å². The Morgan fingerprint density at radius 1 is 1.55 bits per heavy atom. The molecule has 0 aromatic heterocycles. The van der Waals surface area contributed by atoms with Crippen molar-refractivity contribution < 1.29 is 14.9 Å². The Balaban J connectivity index is 2.61. The molecule has 0 unspecified atom stereocenters. The summed E-state index contributed by atoms with van der Waals surface area (Å²) in [4.78, 5) is 0. The zero-order valence-corrected chi connectivity index (χ0v) is 5.97. The number of hydrogen-bond acceptors (Lipinski definition) is 3. The molecular formula is C8H10O3. The van der Waals surface area contributed by atoms with Crippen molar-refractivity contribution in [2.75, 3.05) is 6.61 Å². The molecule has 1 rings (SSSR count). The quantitative estimate of drug-likeness (QED) is 0.388. The van der Waals surface area contributed by atoms with Crippen LogP contribution in [0.1, 0.15) is 0 Å². The number of aliphatic hydroxyl groups is 2. The molecule has 11 heavy (non-hydrogen) atoms. The Bertz CT molecular complexity index is 192. The van der Waals surface area contributed by atoms with Crippen LogP contribution in [-0.4, -0.2) is 35.1 Å². The van der Waals surface area contributed by atoms with Crippen LogP contribution < -0.4 is 0 Å². The van der Waals surface area contributed by atoms with Crippen LogP contribution in [0.3, 0.4) is 0 Å². The third-order valence-electron chi connectivity index (χ3n) is 1.50. The smallest absolute Gasteiger partial charge is 0.148 e. The highest BCUT2D eigenvalue weighted by Crippen LogP contribution is 2.11. The predicted octanol–water partition coefficient (Wildman–Crippen LogP) is -0.704. The Morgan fingerprint density at radius 2 is 2.27 bits per heavy atom. The lowest BCUT2D eigenvalue weighted by atomic mass is 10.1. The monoisotopic (exact) mass is 154 g/mol. The van der Waals surface area contributed by atoms with Gasteiger partial charge in [0.2, 0.25) is 0 Å². The van der Waals surface area contributed by atoms with Crippen molar-refractivity contribution in [1.82, 2.24) is 0 Å². The molecule has 3 atom stereocenters. The fourth-order valence-electron chi connectivity index (χ4n) is 0.895. The minimum absolute atomic E-state index is 0.110. The molecule has 3 heteroatoms. The van der Waals surface area contributed by atoms with Crippen molar-refractivity contribution in [2.45, 2.75) is 18.3 Å². The molecule has 0 fully saturated rings. The van der Waals surface area contributed by atoms with Crippen molar-refractivity contribution in [3.05, 3.63) is 12.2 Å². The summed E-state index contributed by atoms with van der Waals surface area (Å²) in [5.41, 5.74) is 0. The average Bonchev–Trinajstić information content (AvgIpc) is 2.05. The highest BCUT2D eigenvalue weighted by Gasteiger charge is 2.22. The molecule has 3 nitrogen and oxygen atoms in total. The first-order valence-corrected chi connectivity index (χ1v) is 3.36. The average molecular weight is 154 g/mol. The van der Waals surface area contributed by atoms with Gasteiger partial charge in [-0.05, 0) is 0 Å². The van der Waals surface area contributed by atoms with E-state index in [9.17, 15) is 0 Å². The van der Waals surface area contributed by atoms with Gasteiger partial charge >= 0.3 is 0 Å². The molecule has 0 saturated carbocycles. The van der Waals surface area contributed by atoms with E-state index in [0.29, 0.717) is 0 Å². The van der Waals surface area contributed by atoms with Gasteiger partial charge in [0.25, 0.3) is 0 Å². The highest BCUT2D eigenvalue weighted by atomic mass is 16.5. The Labute approximate surface area is 65.3 Å². The molecule has 0 aromatic carbocycles. The summed E-state index contributed by atoms with van der Waals surface area (Å²) in [6, 6.07) is 0. The standard InChI is InChI=1S/C8H10O3/c1-2-8-7(10)4-3-6(5-9)11-8/h1,3-4,6-10H,5H2/t6-,7+,8+/m0/s1. The second-order valence-electron chi connectivity index (χ2n) is 2.32. The Kier molecular flexibility index (Phi) is 2.66. The molecule has 0 radical (unpaired) electrons. The first-order chi connectivity index (χ1) is 5.27. The van der Waals surface area contributed by atoms with Crippen LogP contribution in [0.5, 0.6) is 0 Å². The first-order valence-electron chi connectivity index (χ1n) is 3.36. The van der Waals surface area contributed by atoms with Crippen LogP contribution in [-0.2, 0) is 4.74 Å². The summed E-state index contributed by atoms with van der Waals surface area (Å²) in [7, 11) is 0. The van der Waals surface area contributed by atoms with Crippen molar-refractivity contribution >= 4 is 0 Å². The van der Waals surface area contributed by atoms with E-state index in [-0.39, 0.29) is 12.7 Å². The third-order valence-corrected chi connectivity index (χ3v) is 1.50. The van der Waals surface area contributed by atoms with Gasteiger partial charge in [0.1, 0.15) is 18.3 Å². The summed E-state index contributed by atoms with van der Waals surface area (Å²) in [6.07, 6.45) is 6.44. The van der Waals surface area contributed by atoms with Crippen molar-refractivity contribution in [1.29, 1.82) is 0 Å². The maximum Gasteiger partial charge on any atom is 0.148 e. The van der Waals surface area contributed by atoms with Gasteiger partial charge in [-0.15, -0.1) is 6.42 Å². The zero-order valence-electron chi connectivity index (χ0n) is 5.97. The van der Waals surface area contributed by atoms with Crippen LogP contribution in [0.4, 0.5) is 0 Å². The maximum absolute atomic E-state index is 9.15. The summed E-state index contributed by atoms with van der Waals surface area (Å²) in [5, 5.41) is 17.8. The van der Waals surface area contributed by atoms with E-state index in [0.717, 1.165) is 0 Å². The fourth-order valence-corrected chi connectivity index (χ4v) is 0.895. The lowest BCUT2D eigenvalue weighted by molar-refractivity contribution is -0.0430. The molecule has 60 valence electrons. The summed E-state index contributed by atoms with van der Waals surface area (Å²) in [5.74, 6) is 2.28. The SMILES string of the molecule is C#C[C@H]1O[C@H](CO)C=C[C@H]1O. The molecule has 1 aliphatic heterocycles. The van der Waals surface area contributed by atoms with E-state index in [1.165, 1.54) is 6.08 Å². The Hall–Kier alpha value is -0.820. The van der Waals surface area contributed by atoms with Crippen molar-refractivity contribution in [3.8, 4) is 12.3 Å². The topological polar surface area (TPSA) is 49.7 Å². The van der Waals surface area contributed by atoms with Crippen molar-refractivity contribution in [3.63, 3.8) is 0 Å². The van der Waals surface area contributed by atoms with Gasteiger partial charge in [0.05, 0.1) is 6.61 Å². The molecule has 0 spiro atoms. The fraction of sp³-hybridized carbons (Fsp3) is 0.500. The van der Waals surface area contributed by atoms with Gasteiger partial charge in [-0.25, -0.2) is 0 Å². The number of terminal acetylenes is 1. The minimum Gasteiger partial charge on any atom is -0.393 e. The number of rotatable bonds is 1. The van der Waals surface area contributed by atoms with Gasteiger partial charge < -0.3 is 14.9 Å². The lowest BCUT2D eigenvalue weighted by Gasteiger charge is -2.24. The van der Waals surface area contributed by atoms with Gasteiger partial charge in [-0.1, -0.05) is 18.1 Å².